The average Bonchev–Trinajstić information content (AvgIpc) is 2.96. The van der Waals surface area contributed by atoms with Gasteiger partial charge in [0.05, 0.1) is 19.7 Å². The topological polar surface area (TPSA) is 45.1 Å². The summed E-state index contributed by atoms with van der Waals surface area (Å²) in [5.41, 5.74) is 4.84. The van der Waals surface area contributed by atoms with E-state index in [1.54, 1.807) is 7.11 Å². The predicted molar refractivity (Wildman–Crippen MR) is 121 cm³/mol. The number of hydrogen-bond donors (Lipinski definition) is 0. The Morgan fingerprint density at radius 2 is 1.80 bits per heavy atom. The SMILES string of the molecule is COc1ccc(N2C(=O)C3=C(C(CC(C)C)=NCCN3C)C2c2ccccc2)cc1. The fourth-order valence-electron chi connectivity index (χ4n) is 4.32. The van der Waals surface area contributed by atoms with Crippen LogP contribution in [0, 0.1) is 5.92 Å². The smallest absolute Gasteiger partial charge is 0.275 e. The molecule has 0 fully saturated rings. The summed E-state index contributed by atoms with van der Waals surface area (Å²) in [4.78, 5) is 22.7. The molecule has 2 aliphatic rings. The maximum Gasteiger partial charge on any atom is 0.275 e. The molecule has 2 aliphatic heterocycles. The number of rotatable bonds is 5. The molecule has 0 aromatic heterocycles. The second-order valence-electron chi connectivity index (χ2n) is 8.30. The molecule has 0 N–H and O–H groups in total. The molecule has 1 unspecified atom stereocenters. The molecule has 1 atom stereocenters. The number of methoxy groups -OCH3 is 1. The summed E-state index contributed by atoms with van der Waals surface area (Å²) in [7, 11) is 3.65. The molecule has 5 heteroatoms. The van der Waals surface area contributed by atoms with Crippen LogP contribution < -0.4 is 9.64 Å². The highest BCUT2D eigenvalue weighted by Crippen LogP contribution is 2.44. The van der Waals surface area contributed by atoms with Crippen molar-refractivity contribution in [2.75, 3.05) is 32.1 Å². The minimum Gasteiger partial charge on any atom is -0.497 e. The van der Waals surface area contributed by atoms with Crippen molar-refractivity contribution >= 4 is 17.3 Å². The van der Waals surface area contributed by atoms with E-state index in [-0.39, 0.29) is 11.9 Å². The van der Waals surface area contributed by atoms with Gasteiger partial charge in [0.15, 0.2) is 0 Å². The molecule has 156 valence electrons. The number of carbonyl (C=O) groups is 1. The number of aliphatic imine (C=N–C) groups is 1. The largest absolute Gasteiger partial charge is 0.497 e. The van der Waals surface area contributed by atoms with E-state index in [0.717, 1.165) is 46.9 Å². The molecule has 0 radical (unpaired) electrons. The highest BCUT2D eigenvalue weighted by molar-refractivity contribution is 6.19. The van der Waals surface area contributed by atoms with Gasteiger partial charge < -0.3 is 9.64 Å². The Morgan fingerprint density at radius 1 is 1.10 bits per heavy atom. The molecule has 0 saturated carbocycles. The van der Waals surface area contributed by atoms with Crippen molar-refractivity contribution in [1.82, 2.24) is 4.90 Å². The fraction of sp³-hybridized carbons (Fsp3) is 0.360. The van der Waals surface area contributed by atoms with Gasteiger partial charge in [-0.3, -0.25) is 14.7 Å². The summed E-state index contributed by atoms with van der Waals surface area (Å²) in [5.74, 6) is 1.27. The van der Waals surface area contributed by atoms with E-state index in [4.69, 9.17) is 9.73 Å². The molecule has 2 aromatic rings. The van der Waals surface area contributed by atoms with E-state index in [1.165, 1.54) is 0 Å². The van der Waals surface area contributed by atoms with Crippen LogP contribution in [0.2, 0.25) is 0 Å². The van der Waals surface area contributed by atoms with Crippen molar-refractivity contribution in [2.45, 2.75) is 26.3 Å². The van der Waals surface area contributed by atoms with E-state index >= 15 is 0 Å². The van der Waals surface area contributed by atoms with E-state index in [2.05, 4.69) is 30.9 Å². The number of benzene rings is 2. The number of nitrogens with zero attached hydrogens (tertiary/aromatic N) is 3. The van der Waals surface area contributed by atoms with Crippen molar-refractivity contribution in [2.24, 2.45) is 10.9 Å². The number of hydrogen-bond acceptors (Lipinski definition) is 4. The Balaban J connectivity index is 1.89. The lowest BCUT2D eigenvalue weighted by Crippen LogP contribution is -2.34. The average molecular weight is 404 g/mol. The second kappa shape index (κ2) is 8.34. The molecule has 30 heavy (non-hydrogen) atoms. The first-order valence-electron chi connectivity index (χ1n) is 10.5. The molecule has 0 saturated heterocycles. The van der Waals surface area contributed by atoms with Gasteiger partial charge in [-0.1, -0.05) is 44.2 Å². The van der Waals surface area contributed by atoms with Crippen LogP contribution in [0.25, 0.3) is 0 Å². The molecule has 0 spiro atoms. The predicted octanol–water partition coefficient (Wildman–Crippen LogP) is 4.47. The molecule has 5 nitrogen and oxygen atoms in total. The molecule has 0 aliphatic carbocycles. The van der Waals surface area contributed by atoms with Gasteiger partial charge in [-0.2, -0.15) is 0 Å². The van der Waals surface area contributed by atoms with Crippen molar-refractivity contribution in [1.29, 1.82) is 0 Å². The molecule has 1 amide bonds. The Bertz CT molecular complexity index is 977. The maximum absolute atomic E-state index is 13.8. The van der Waals surface area contributed by atoms with Gasteiger partial charge >= 0.3 is 0 Å². The molecule has 4 rings (SSSR count). The van der Waals surface area contributed by atoms with Crippen LogP contribution in [0.3, 0.4) is 0 Å². The monoisotopic (exact) mass is 403 g/mol. The van der Waals surface area contributed by atoms with Crippen molar-refractivity contribution < 1.29 is 9.53 Å². The zero-order chi connectivity index (χ0) is 21.3. The van der Waals surface area contributed by atoms with E-state index in [0.29, 0.717) is 12.5 Å². The van der Waals surface area contributed by atoms with Crippen LogP contribution >= 0.6 is 0 Å². The molecule has 2 heterocycles. The minimum absolute atomic E-state index is 0.0323. The van der Waals surface area contributed by atoms with Crippen molar-refractivity contribution in [3.63, 3.8) is 0 Å². The summed E-state index contributed by atoms with van der Waals surface area (Å²) in [6.07, 6.45) is 0.861. The summed E-state index contributed by atoms with van der Waals surface area (Å²) in [6, 6.07) is 17.8. The lowest BCUT2D eigenvalue weighted by Gasteiger charge is -2.29. The van der Waals surface area contributed by atoms with E-state index < -0.39 is 0 Å². The molecular weight excluding hydrogens is 374 g/mol. The van der Waals surface area contributed by atoms with Crippen LogP contribution in [0.4, 0.5) is 5.69 Å². The first kappa shape index (κ1) is 20.2. The number of ether oxygens (including phenoxy) is 1. The van der Waals surface area contributed by atoms with E-state index in [1.807, 2.05) is 54.4 Å². The zero-order valence-corrected chi connectivity index (χ0v) is 18.1. The lowest BCUT2D eigenvalue weighted by molar-refractivity contribution is -0.116. The first-order chi connectivity index (χ1) is 14.5. The van der Waals surface area contributed by atoms with Crippen LogP contribution in [0.15, 0.2) is 70.9 Å². The third kappa shape index (κ3) is 3.60. The molecule has 2 aromatic carbocycles. The summed E-state index contributed by atoms with van der Waals surface area (Å²) >= 11 is 0. The normalized spacial score (nSPS) is 19.2. The Morgan fingerprint density at radius 3 is 2.43 bits per heavy atom. The summed E-state index contributed by atoms with van der Waals surface area (Å²) in [5, 5.41) is 0. The molecular formula is C25H29N3O2. The third-order valence-corrected chi connectivity index (χ3v) is 5.71. The van der Waals surface area contributed by atoms with Crippen molar-refractivity contribution in [3.8, 4) is 5.75 Å². The third-order valence-electron chi connectivity index (χ3n) is 5.71. The van der Waals surface area contributed by atoms with Crippen molar-refractivity contribution in [3.05, 3.63) is 71.4 Å². The van der Waals surface area contributed by atoms with Gasteiger partial charge in [0.25, 0.3) is 5.91 Å². The van der Waals surface area contributed by atoms with Crippen LogP contribution in [0.5, 0.6) is 5.75 Å². The maximum atomic E-state index is 13.8. The number of carbonyl (C=O) groups excluding carboxylic acids is 1. The van der Waals surface area contributed by atoms with Gasteiger partial charge in [0.1, 0.15) is 11.4 Å². The minimum atomic E-state index is -0.194. The first-order valence-corrected chi connectivity index (χ1v) is 10.5. The highest BCUT2D eigenvalue weighted by Gasteiger charge is 2.44. The lowest BCUT2D eigenvalue weighted by atomic mass is 9.91. The standard InChI is InChI=1S/C25H29N3O2/c1-17(2)16-21-22-23(18-8-6-5-7-9-18)28(19-10-12-20(30-4)13-11-19)25(29)24(22)27(3)15-14-26-21/h5-13,17,23H,14-16H2,1-4H3. The van der Waals surface area contributed by atoms with Crippen LogP contribution in [0.1, 0.15) is 31.9 Å². The number of amides is 1. The zero-order valence-electron chi connectivity index (χ0n) is 18.1. The molecule has 0 bridgehead atoms. The van der Waals surface area contributed by atoms with Gasteiger partial charge in [-0.15, -0.1) is 0 Å². The van der Waals surface area contributed by atoms with Crippen LogP contribution in [-0.4, -0.2) is 43.8 Å². The number of anilines is 1. The Labute approximate surface area is 178 Å². The Hall–Kier alpha value is -3.08. The fourth-order valence-corrected chi connectivity index (χ4v) is 4.32. The number of likely N-dealkylation sites (N-methyl/N-ethyl adjacent to an activating group) is 1. The van der Waals surface area contributed by atoms with Gasteiger partial charge in [-0.05, 0) is 42.2 Å². The van der Waals surface area contributed by atoms with Gasteiger partial charge in [0.2, 0.25) is 0 Å². The summed E-state index contributed by atoms with van der Waals surface area (Å²) in [6.45, 7) is 5.85. The second-order valence-corrected chi connectivity index (χ2v) is 8.30. The van der Waals surface area contributed by atoms with Gasteiger partial charge in [0, 0.05) is 30.6 Å². The Kier molecular flexibility index (Phi) is 5.62. The highest BCUT2D eigenvalue weighted by atomic mass is 16.5. The van der Waals surface area contributed by atoms with Crippen LogP contribution in [-0.2, 0) is 4.79 Å². The quantitative estimate of drug-likeness (QED) is 0.740. The van der Waals surface area contributed by atoms with Gasteiger partial charge in [-0.25, -0.2) is 0 Å². The van der Waals surface area contributed by atoms with E-state index in [9.17, 15) is 4.79 Å². The summed E-state index contributed by atoms with van der Waals surface area (Å²) < 4.78 is 5.32.